The van der Waals surface area contributed by atoms with Gasteiger partial charge >= 0.3 is 5.97 Å². The monoisotopic (exact) mass is 431 g/mol. The molecule has 1 fully saturated rings. The number of rotatable bonds is 8. The molecule has 2 atom stereocenters. The third-order valence-electron chi connectivity index (χ3n) is 5.17. The highest BCUT2D eigenvalue weighted by atomic mass is 16.6. The number of ether oxygens (including phenoxy) is 2. The molecule has 0 spiro atoms. The molecule has 3 rings (SSSR count). The Bertz CT molecular complexity index is 932. The van der Waals surface area contributed by atoms with Crippen molar-refractivity contribution in [2.45, 2.75) is 19.3 Å². The van der Waals surface area contributed by atoms with Crippen molar-refractivity contribution in [3.05, 3.63) is 40.5 Å². The van der Waals surface area contributed by atoms with E-state index in [4.69, 9.17) is 9.47 Å². The van der Waals surface area contributed by atoms with Gasteiger partial charge in [0.1, 0.15) is 5.75 Å². The number of nitrogens with one attached hydrogen (secondary N) is 1. The van der Waals surface area contributed by atoms with Crippen LogP contribution in [0.5, 0.6) is 5.75 Å². The van der Waals surface area contributed by atoms with Gasteiger partial charge in [-0.2, -0.15) is 0 Å². The van der Waals surface area contributed by atoms with Crippen molar-refractivity contribution in [3.8, 4) is 5.75 Å². The maximum Gasteiger partial charge on any atom is 0.308 e. The van der Waals surface area contributed by atoms with E-state index in [0.29, 0.717) is 12.8 Å². The summed E-state index contributed by atoms with van der Waals surface area (Å²) in [7, 11) is 1.29. The number of carbonyl (C=O) groups excluding carboxylic acids is 4. The molecule has 0 bridgehead atoms. The number of nitro benzene ring substituents is 1. The number of benzene rings is 1. The van der Waals surface area contributed by atoms with Crippen molar-refractivity contribution in [2.24, 2.45) is 11.8 Å². The lowest BCUT2D eigenvalue weighted by molar-refractivity contribution is -0.384. The number of nitro groups is 1. The highest BCUT2D eigenvalue weighted by Crippen LogP contribution is 2.35. The summed E-state index contributed by atoms with van der Waals surface area (Å²) in [5.41, 5.74) is -0.0264. The molecule has 11 heteroatoms. The van der Waals surface area contributed by atoms with Crippen LogP contribution in [0, 0.1) is 22.0 Å². The molecule has 0 saturated carbocycles. The van der Waals surface area contributed by atoms with Gasteiger partial charge in [-0.05, 0) is 18.9 Å². The number of amides is 3. The normalized spacial score (nSPS) is 19.7. The topological polar surface area (TPSA) is 145 Å². The van der Waals surface area contributed by atoms with Gasteiger partial charge in [-0.15, -0.1) is 0 Å². The van der Waals surface area contributed by atoms with E-state index in [2.05, 4.69) is 5.32 Å². The second-order valence-corrected chi connectivity index (χ2v) is 7.08. The van der Waals surface area contributed by atoms with Crippen LogP contribution in [0.1, 0.15) is 19.3 Å². The smallest absolute Gasteiger partial charge is 0.308 e. The van der Waals surface area contributed by atoms with E-state index in [0.717, 1.165) is 11.0 Å². The molecule has 3 amide bonds. The van der Waals surface area contributed by atoms with Gasteiger partial charge in [0.15, 0.2) is 6.61 Å². The minimum Gasteiger partial charge on any atom is -0.494 e. The highest BCUT2D eigenvalue weighted by molar-refractivity contribution is 6.05. The average Bonchev–Trinajstić information content (AvgIpc) is 3.01. The van der Waals surface area contributed by atoms with Crippen LogP contribution >= 0.6 is 0 Å². The van der Waals surface area contributed by atoms with Crippen molar-refractivity contribution in [2.75, 3.05) is 25.6 Å². The largest absolute Gasteiger partial charge is 0.494 e. The Morgan fingerprint density at radius 3 is 2.42 bits per heavy atom. The number of fused-ring (bicyclic) bond motifs is 1. The summed E-state index contributed by atoms with van der Waals surface area (Å²) in [5.74, 6) is -2.63. The van der Waals surface area contributed by atoms with E-state index in [1.54, 1.807) is 0 Å². The Morgan fingerprint density at radius 1 is 1.19 bits per heavy atom. The van der Waals surface area contributed by atoms with Crippen molar-refractivity contribution in [1.82, 2.24) is 4.90 Å². The zero-order valence-corrected chi connectivity index (χ0v) is 16.7. The molecule has 2 aliphatic rings. The zero-order valence-electron chi connectivity index (χ0n) is 16.7. The number of imide groups is 1. The molecule has 11 nitrogen and oxygen atoms in total. The van der Waals surface area contributed by atoms with Crippen LogP contribution in [0.2, 0.25) is 0 Å². The molecular weight excluding hydrogens is 410 g/mol. The van der Waals surface area contributed by atoms with Gasteiger partial charge in [0.2, 0.25) is 11.8 Å². The number of hydrogen-bond donors (Lipinski definition) is 1. The minimum absolute atomic E-state index is 0.0795. The lowest BCUT2D eigenvalue weighted by Crippen LogP contribution is -2.33. The maximum absolute atomic E-state index is 12.4. The third-order valence-corrected chi connectivity index (χ3v) is 5.17. The Morgan fingerprint density at radius 2 is 1.84 bits per heavy atom. The van der Waals surface area contributed by atoms with Crippen LogP contribution in [0.3, 0.4) is 0 Å². The maximum atomic E-state index is 12.4. The van der Waals surface area contributed by atoms with Crippen LogP contribution in [0.15, 0.2) is 30.4 Å². The van der Waals surface area contributed by atoms with Gasteiger partial charge < -0.3 is 14.8 Å². The van der Waals surface area contributed by atoms with Gasteiger partial charge in [0.05, 0.1) is 42.0 Å². The second kappa shape index (κ2) is 9.37. The van der Waals surface area contributed by atoms with Crippen molar-refractivity contribution in [1.29, 1.82) is 0 Å². The van der Waals surface area contributed by atoms with Crippen LogP contribution in [0.4, 0.5) is 11.4 Å². The van der Waals surface area contributed by atoms with Gasteiger partial charge in [-0.3, -0.25) is 34.2 Å². The Hall–Kier alpha value is -3.76. The number of nitrogens with zero attached hydrogens (tertiary/aromatic N) is 2. The second-order valence-electron chi connectivity index (χ2n) is 7.08. The number of anilines is 1. The molecule has 31 heavy (non-hydrogen) atoms. The fraction of sp³-hybridized carbons (Fsp3) is 0.400. The van der Waals surface area contributed by atoms with Gasteiger partial charge in [-0.25, -0.2) is 0 Å². The molecule has 0 radical (unpaired) electrons. The molecule has 1 heterocycles. The fourth-order valence-electron chi connectivity index (χ4n) is 3.59. The molecule has 1 aromatic rings. The number of likely N-dealkylation sites (tertiary alicyclic amines) is 1. The first kappa shape index (κ1) is 21.9. The number of hydrogen-bond acceptors (Lipinski definition) is 8. The van der Waals surface area contributed by atoms with E-state index >= 15 is 0 Å². The fourth-order valence-corrected chi connectivity index (χ4v) is 3.59. The number of esters is 1. The first-order valence-electron chi connectivity index (χ1n) is 9.60. The first-order chi connectivity index (χ1) is 14.8. The summed E-state index contributed by atoms with van der Waals surface area (Å²) in [6.07, 6.45) is 4.56. The molecule has 164 valence electrons. The Kier molecular flexibility index (Phi) is 6.63. The quantitative estimate of drug-likeness (QED) is 0.214. The van der Waals surface area contributed by atoms with Gasteiger partial charge in [0.25, 0.3) is 11.6 Å². The summed E-state index contributed by atoms with van der Waals surface area (Å²) < 4.78 is 9.92. The van der Waals surface area contributed by atoms with Gasteiger partial charge in [0, 0.05) is 12.6 Å². The lowest BCUT2D eigenvalue weighted by atomic mass is 9.85. The molecule has 2 unspecified atom stereocenters. The lowest BCUT2D eigenvalue weighted by Gasteiger charge is -2.14. The molecule has 1 N–H and O–H groups in total. The number of carbonyl (C=O) groups is 4. The minimum atomic E-state index is -0.737. The number of methoxy groups -OCH3 is 1. The Labute approximate surface area is 177 Å². The number of allylic oxidation sites excluding steroid dienone is 2. The first-order valence-corrected chi connectivity index (χ1v) is 9.60. The van der Waals surface area contributed by atoms with E-state index in [-0.39, 0.29) is 53.7 Å². The zero-order chi connectivity index (χ0) is 22.5. The summed E-state index contributed by atoms with van der Waals surface area (Å²) >= 11 is 0. The molecular formula is C20H21N3O8. The SMILES string of the molecule is COc1cc([N+](=O)[O-])ccc1NC(=O)COC(=O)CCN1C(=O)C2CC=CCC2C1=O. The van der Waals surface area contributed by atoms with E-state index in [9.17, 15) is 29.3 Å². The third kappa shape index (κ3) is 4.87. The summed E-state index contributed by atoms with van der Waals surface area (Å²) in [6, 6.07) is 3.65. The summed E-state index contributed by atoms with van der Waals surface area (Å²) in [6.45, 7) is -0.697. The van der Waals surface area contributed by atoms with Gasteiger partial charge in [-0.1, -0.05) is 12.2 Å². The summed E-state index contributed by atoms with van der Waals surface area (Å²) in [5, 5.41) is 13.2. The van der Waals surface area contributed by atoms with E-state index in [1.165, 1.54) is 19.2 Å². The van der Waals surface area contributed by atoms with Crippen LogP contribution < -0.4 is 10.1 Å². The Balaban J connectivity index is 1.47. The van der Waals surface area contributed by atoms with Crippen LogP contribution in [-0.2, 0) is 23.9 Å². The predicted octanol–water partition coefficient (Wildman–Crippen LogP) is 1.43. The summed E-state index contributed by atoms with van der Waals surface area (Å²) in [4.78, 5) is 60.0. The molecule has 1 saturated heterocycles. The van der Waals surface area contributed by atoms with Crippen molar-refractivity contribution < 1.29 is 33.6 Å². The van der Waals surface area contributed by atoms with Crippen LogP contribution in [0.25, 0.3) is 0 Å². The van der Waals surface area contributed by atoms with E-state index in [1.807, 2.05) is 12.2 Å². The predicted molar refractivity (Wildman–Crippen MR) is 106 cm³/mol. The van der Waals surface area contributed by atoms with Crippen LogP contribution in [-0.4, -0.2) is 53.8 Å². The van der Waals surface area contributed by atoms with Crippen molar-refractivity contribution >= 4 is 35.1 Å². The molecule has 0 aromatic heterocycles. The highest BCUT2D eigenvalue weighted by Gasteiger charge is 2.46. The number of non-ortho nitro benzene ring substituents is 1. The van der Waals surface area contributed by atoms with Crippen molar-refractivity contribution in [3.63, 3.8) is 0 Å². The van der Waals surface area contributed by atoms with E-state index < -0.39 is 23.4 Å². The average molecular weight is 431 g/mol. The molecule has 1 aliphatic heterocycles. The molecule has 1 aliphatic carbocycles. The molecule has 1 aromatic carbocycles. The standard InChI is InChI=1S/C20H21N3O8/c1-30-16-10-12(23(28)29)6-7-15(16)21-17(24)11-31-18(25)8-9-22-19(26)13-4-2-3-5-14(13)20(22)27/h2-3,6-7,10,13-14H,4-5,8-9,11H2,1H3,(H,21,24).